The van der Waals surface area contributed by atoms with Gasteiger partial charge in [-0.2, -0.15) is 0 Å². The number of hydrazine groups is 1. The Balaban J connectivity index is 0.00000248. The minimum atomic E-state index is -0.827. The van der Waals surface area contributed by atoms with Crippen LogP contribution in [-0.4, -0.2) is 36.5 Å². The second-order valence-electron chi connectivity index (χ2n) is 10.2. The van der Waals surface area contributed by atoms with Crippen LogP contribution in [0.25, 0.3) is 10.8 Å². The number of anilines is 1. The maximum atomic E-state index is 13.7. The molecule has 0 aliphatic carbocycles. The number of methoxy groups -OCH3 is 1. The number of esters is 1. The summed E-state index contributed by atoms with van der Waals surface area (Å²) in [5.41, 5.74) is 3.56. The number of allylic oxidation sites excluding steroid dienone is 1. The van der Waals surface area contributed by atoms with Gasteiger partial charge in [-0.3, -0.25) is 30.9 Å². The maximum Gasteiger partial charge on any atom is 0.330 e. The predicted molar refractivity (Wildman–Crippen MR) is 165 cm³/mol. The van der Waals surface area contributed by atoms with Crippen molar-refractivity contribution < 1.29 is 28.7 Å². The molecule has 1 unspecified atom stereocenters. The molecular formula is C33H38N4O6. The molecule has 226 valence electrons. The molecule has 4 rings (SSSR count). The average Bonchev–Trinajstić information content (AvgIpc) is 3.02. The number of aryl methyl sites for hydroxylation is 2. The van der Waals surface area contributed by atoms with Gasteiger partial charge in [0.25, 0.3) is 5.91 Å². The van der Waals surface area contributed by atoms with Gasteiger partial charge in [0.05, 0.1) is 13.2 Å². The predicted octanol–water partition coefficient (Wildman–Crippen LogP) is 4.00. The Morgan fingerprint density at radius 3 is 2.47 bits per heavy atom. The summed E-state index contributed by atoms with van der Waals surface area (Å²) in [6.45, 7) is 1.94. The molecule has 4 bridgehead atoms. The molecule has 3 aromatic rings. The lowest BCUT2D eigenvalue weighted by Crippen LogP contribution is -2.28. The lowest BCUT2D eigenvalue weighted by atomic mass is 9.93. The van der Waals surface area contributed by atoms with Crippen LogP contribution in [0.1, 0.15) is 72.1 Å². The van der Waals surface area contributed by atoms with Gasteiger partial charge in [0, 0.05) is 30.2 Å². The van der Waals surface area contributed by atoms with Crippen molar-refractivity contribution in [2.75, 3.05) is 12.4 Å². The van der Waals surface area contributed by atoms with Gasteiger partial charge in [-0.1, -0.05) is 48.9 Å². The van der Waals surface area contributed by atoms with E-state index in [1.54, 1.807) is 18.2 Å². The van der Waals surface area contributed by atoms with E-state index in [9.17, 15) is 24.0 Å². The lowest BCUT2D eigenvalue weighted by molar-refractivity contribution is -0.135. The van der Waals surface area contributed by atoms with Gasteiger partial charge >= 0.3 is 5.97 Å². The van der Waals surface area contributed by atoms with Crippen LogP contribution in [-0.2, 0) is 36.8 Å². The van der Waals surface area contributed by atoms with E-state index in [-0.39, 0.29) is 30.7 Å². The van der Waals surface area contributed by atoms with Crippen molar-refractivity contribution in [1.82, 2.24) is 5.32 Å². The minimum absolute atomic E-state index is 0.125. The zero-order valence-corrected chi connectivity index (χ0v) is 24.5. The van der Waals surface area contributed by atoms with Crippen LogP contribution >= 0.6 is 0 Å². The maximum absolute atomic E-state index is 13.7. The number of carbonyl (C=O) groups is 5. The molecule has 0 fully saturated rings. The monoisotopic (exact) mass is 586 g/mol. The minimum Gasteiger partial charge on any atom is -0.466 e. The van der Waals surface area contributed by atoms with Crippen molar-refractivity contribution >= 4 is 45.8 Å². The first-order valence-electron chi connectivity index (χ1n) is 14.2. The van der Waals surface area contributed by atoms with E-state index in [0.717, 1.165) is 54.2 Å². The normalized spacial score (nSPS) is 15.6. The highest BCUT2D eigenvalue weighted by molar-refractivity contribution is 6.42. The molecule has 0 saturated heterocycles. The van der Waals surface area contributed by atoms with E-state index in [4.69, 9.17) is 0 Å². The highest BCUT2D eigenvalue weighted by atomic mass is 16.5. The van der Waals surface area contributed by atoms with Gasteiger partial charge in [0.15, 0.2) is 0 Å². The number of fused-ring (bicyclic) bond motifs is 6. The Hall–Kier alpha value is -4.67. The molecule has 6 N–H and O–H groups in total. The van der Waals surface area contributed by atoms with Crippen molar-refractivity contribution in [2.45, 2.75) is 57.9 Å². The number of ketones is 2. The van der Waals surface area contributed by atoms with Crippen molar-refractivity contribution in [3.05, 3.63) is 89.0 Å². The molecule has 1 aliphatic heterocycles. The molecule has 10 heteroatoms. The molecule has 0 radical (unpaired) electrons. The molecule has 1 aliphatic rings. The van der Waals surface area contributed by atoms with Crippen molar-refractivity contribution in [2.24, 2.45) is 11.7 Å². The largest absolute Gasteiger partial charge is 0.466 e. The first-order chi connectivity index (χ1) is 20.7. The van der Waals surface area contributed by atoms with E-state index in [2.05, 4.69) is 45.3 Å². The Labute approximate surface area is 250 Å². The number of nitrogens with two attached hydrogens (primary N) is 2. The second kappa shape index (κ2) is 16.1. The van der Waals surface area contributed by atoms with Gasteiger partial charge in [0.1, 0.15) is 0 Å². The molecule has 0 saturated carbocycles. The Kier molecular flexibility index (Phi) is 12.3. The van der Waals surface area contributed by atoms with Crippen LogP contribution in [0.5, 0.6) is 0 Å². The Morgan fingerprint density at radius 1 is 0.953 bits per heavy atom. The first-order valence-corrected chi connectivity index (χ1v) is 14.2. The summed E-state index contributed by atoms with van der Waals surface area (Å²) >= 11 is 0. The fraction of sp³-hybridized carbons (Fsp3) is 0.303. The molecule has 0 spiro atoms. The lowest BCUT2D eigenvalue weighted by Gasteiger charge is -2.20. The summed E-state index contributed by atoms with van der Waals surface area (Å²) in [6.07, 6.45) is 5.65. The highest BCUT2D eigenvalue weighted by Crippen LogP contribution is 2.28. The van der Waals surface area contributed by atoms with Crippen LogP contribution in [0, 0.1) is 0 Å². The summed E-state index contributed by atoms with van der Waals surface area (Å²) in [7, 11) is 1.17. The van der Waals surface area contributed by atoms with E-state index in [1.807, 2.05) is 25.1 Å². The second-order valence-corrected chi connectivity index (χ2v) is 10.2. The van der Waals surface area contributed by atoms with Gasteiger partial charge < -0.3 is 15.4 Å². The number of hydrogen-bond donors (Lipinski definition) is 4. The number of ether oxygens (including phenoxy) is 1. The van der Waals surface area contributed by atoms with E-state index < -0.39 is 17.5 Å². The average molecular weight is 587 g/mol. The Bertz CT molecular complexity index is 1530. The zero-order valence-electron chi connectivity index (χ0n) is 24.5. The van der Waals surface area contributed by atoms with Gasteiger partial charge in [-0.25, -0.2) is 4.79 Å². The molecule has 0 aromatic heterocycles. The van der Waals surface area contributed by atoms with Gasteiger partial charge in [-0.05, 0) is 78.3 Å². The topological polar surface area (TPSA) is 171 Å². The number of nitrogens with one attached hydrogen (secondary N) is 2. The number of carbonyl (C=O) groups excluding carboxylic acids is 5. The van der Waals surface area contributed by atoms with Crippen LogP contribution < -0.4 is 22.3 Å². The number of amides is 2. The molecule has 2 amide bonds. The van der Waals surface area contributed by atoms with Crippen LogP contribution in [0.2, 0.25) is 0 Å². The third-order valence-corrected chi connectivity index (χ3v) is 7.24. The summed E-state index contributed by atoms with van der Waals surface area (Å²) in [5, 5.41) is 8.15. The van der Waals surface area contributed by atoms with Crippen LogP contribution in [0.4, 0.5) is 5.69 Å². The van der Waals surface area contributed by atoms with Crippen molar-refractivity contribution in [3.8, 4) is 0 Å². The summed E-state index contributed by atoms with van der Waals surface area (Å²) in [6, 6.07) is 17.1. The molecule has 3 aromatic carbocycles. The molecule has 10 nitrogen and oxygen atoms in total. The number of Topliss-reactive ketones (excluding diaryl/α,β-unsaturated/α-hetero) is 1. The number of hydrogen-bond acceptors (Lipinski definition) is 8. The number of rotatable bonds is 6. The highest BCUT2D eigenvalue weighted by Gasteiger charge is 2.20. The number of benzene rings is 3. The fourth-order valence-electron chi connectivity index (χ4n) is 5.03. The molecule has 1 atom stereocenters. The first kappa shape index (κ1) is 32.8. The standard InChI is InChI=1S/C33H34N2O6.H4N2/c1-21-27-19-22(18-24-9-6-7-10-26(24)27)8-4-3-5-11-31(38)35-25-14-12-23(28(20-25)33(40)34-21)13-15-29(36)30(37)16-17-32(39)41-2;1-2/h6-7,9-10,12,14,16-21H,3-5,8,11,13,15H2,1-2H3,(H,34,40)(H,35,38);1-2H2/b17-16+;. The van der Waals surface area contributed by atoms with Gasteiger partial charge in [-0.15, -0.1) is 0 Å². The van der Waals surface area contributed by atoms with E-state index in [1.165, 1.54) is 12.7 Å². The molecule has 43 heavy (non-hydrogen) atoms. The third kappa shape index (κ3) is 9.16. The van der Waals surface area contributed by atoms with Crippen molar-refractivity contribution in [1.29, 1.82) is 0 Å². The zero-order chi connectivity index (χ0) is 31.4. The fourth-order valence-corrected chi connectivity index (χ4v) is 5.03. The summed E-state index contributed by atoms with van der Waals surface area (Å²) in [5.74, 6) is 5.26. The molecule has 1 heterocycles. The van der Waals surface area contributed by atoms with Gasteiger partial charge in [0.2, 0.25) is 17.5 Å². The Morgan fingerprint density at radius 2 is 1.70 bits per heavy atom. The SMILES string of the molecule is COC(=O)/C=C/C(=O)C(=O)CCc1ccc2cc1C(=O)NC(C)c1cc(cc3ccccc13)CCCCCC(=O)N2.NN. The smallest absolute Gasteiger partial charge is 0.330 e. The van der Waals surface area contributed by atoms with Crippen LogP contribution in [0.15, 0.2) is 66.7 Å². The summed E-state index contributed by atoms with van der Waals surface area (Å²) < 4.78 is 4.45. The third-order valence-electron chi connectivity index (χ3n) is 7.24. The summed E-state index contributed by atoms with van der Waals surface area (Å²) in [4.78, 5) is 62.0. The molecular weight excluding hydrogens is 548 g/mol. The van der Waals surface area contributed by atoms with Crippen molar-refractivity contribution in [3.63, 3.8) is 0 Å². The quantitative estimate of drug-likeness (QED) is 0.110. The van der Waals surface area contributed by atoms with E-state index in [0.29, 0.717) is 23.2 Å². The van der Waals surface area contributed by atoms with E-state index >= 15 is 0 Å². The van der Waals surface area contributed by atoms with Crippen LogP contribution in [0.3, 0.4) is 0 Å².